The Labute approximate surface area is 115 Å². The summed E-state index contributed by atoms with van der Waals surface area (Å²) in [5.41, 5.74) is 6.95. The Bertz CT molecular complexity index is 347. The van der Waals surface area contributed by atoms with Gasteiger partial charge in [-0.3, -0.25) is 0 Å². The molecule has 1 aromatic rings. The van der Waals surface area contributed by atoms with Crippen molar-refractivity contribution in [3.05, 3.63) is 5.56 Å². The molecule has 1 heterocycles. The lowest BCUT2D eigenvalue weighted by atomic mass is 10.3. The summed E-state index contributed by atoms with van der Waals surface area (Å²) < 4.78 is 4.23. The maximum atomic E-state index is 5.82. The fourth-order valence-corrected chi connectivity index (χ4v) is 2.96. The van der Waals surface area contributed by atoms with Gasteiger partial charge in [0, 0.05) is 18.7 Å². The predicted molar refractivity (Wildman–Crippen MR) is 81.6 cm³/mol. The average Bonchev–Trinajstić information content (AvgIpc) is 2.71. The van der Waals surface area contributed by atoms with Gasteiger partial charge in [-0.15, -0.1) is 0 Å². The van der Waals surface area contributed by atoms with Crippen LogP contribution in [0.5, 0.6) is 0 Å². The zero-order chi connectivity index (χ0) is 13.5. The normalized spacial score (nSPS) is 11.2. The van der Waals surface area contributed by atoms with E-state index in [9.17, 15) is 0 Å². The Morgan fingerprint density at radius 3 is 2.22 bits per heavy atom. The maximum Gasteiger partial charge on any atom is 0.142 e. The minimum Gasteiger partial charge on any atom is -0.383 e. The Kier molecular flexibility index (Phi) is 6.43. The fourth-order valence-electron chi connectivity index (χ4n) is 2.06. The van der Waals surface area contributed by atoms with Gasteiger partial charge in [-0.05, 0) is 51.4 Å². The van der Waals surface area contributed by atoms with Crippen LogP contribution in [0.4, 0.5) is 10.8 Å². The van der Waals surface area contributed by atoms with E-state index in [2.05, 4.69) is 41.9 Å². The maximum absolute atomic E-state index is 5.82. The summed E-state index contributed by atoms with van der Waals surface area (Å²) >= 11 is 1.52. The molecule has 5 heteroatoms. The van der Waals surface area contributed by atoms with Gasteiger partial charge in [0.25, 0.3) is 0 Å². The molecule has 0 amide bonds. The molecule has 0 saturated heterocycles. The van der Waals surface area contributed by atoms with Crippen LogP contribution in [0.25, 0.3) is 0 Å². The van der Waals surface area contributed by atoms with Gasteiger partial charge < -0.3 is 15.5 Å². The lowest BCUT2D eigenvalue weighted by Gasteiger charge is -2.24. The average molecular weight is 270 g/mol. The topological polar surface area (TPSA) is 45.4 Å². The van der Waals surface area contributed by atoms with Gasteiger partial charge in [-0.25, -0.2) is 0 Å². The van der Waals surface area contributed by atoms with Crippen LogP contribution < -0.4 is 10.6 Å². The van der Waals surface area contributed by atoms with E-state index in [1.165, 1.54) is 23.0 Å². The van der Waals surface area contributed by atoms with Crippen molar-refractivity contribution in [2.75, 3.05) is 43.4 Å². The van der Waals surface area contributed by atoms with E-state index in [1.807, 2.05) is 0 Å². The highest BCUT2D eigenvalue weighted by molar-refractivity contribution is 7.10. The molecule has 0 bridgehead atoms. The minimum absolute atomic E-state index is 0.678. The van der Waals surface area contributed by atoms with E-state index in [0.29, 0.717) is 5.82 Å². The number of nitrogens with two attached hydrogens (primary N) is 1. The van der Waals surface area contributed by atoms with Crippen molar-refractivity contribution in [3.63, 3.8) is 0 Å². The first-order valence-electron chi connectivity index (χ1n) is 6.83. The first kappa shape index (κ1) is 15.2. The van der Waals surface area contributed by atoms with Crippen LogP contribution in [-0.4, -0.2) is 42.0 Å². The van der Waals surface area contributed by atoms with E-state index < -0.39 is 0 Å². The number of anilines is 2. The summed E-state index contributed by atoms with van der Waals surface area (Å²) in [5.74, 6) is 0.678. The molecule has 0 saturated carbocycles. The van der Waals surface area contributed by atoms with Gasteiger partial charge in [-0.2, -0.15) is 4.37 Å². The molecule has 1 aromatic heterocycles. The monoisotopic (exact) mass is 270 g/mol. The summed E-state index contributed by atoms with van der Waals surface area (Å²) in [6.07, 6.45) is 1.19. The molecular formula is C13H26N4S. The predicted octanol–water partition coefficient (Wildman–Crippen LogP) is 2.59. The second-order valence-corrected chi connectivity index (χ2v) is 5.21. The van der Waals surface area contributed by atoms with Crippen LogP contribution in [0.2, 0.25) is 0 Å². The number of hydrogen-bond donors (Lipinski definition) is 1. The fraction of sp³-hybridized carbons (Fsp3) is 0.769. The molecule has 0 aliphatic heterocycles. The van der Waals surface area contributed by atoms with E-state index in [1.54, 1.807) is 0 Å². The molecule has 0 aromatic carbocycles. The number of aromatic nitrogens is 1. The van der Waals surface area contributed by atoms with Crippen molar-refractivity contribution in [2.24, 2.45) is 0 Å². The standard InChI is InChI=1S/C13H26N4S/c1-5-16(6-2)9-8-10-17(7-3)13-11(4)12(14)15-18-13/h5-10H2,1-4H3,(H2,14,15). The smallest absolute Gasteiger partial charge is 0.142 e. The summed E-state index contributed by atoms with van der Waals surface area (Å²) in [5, 5.41) is 1.23. The van der Waals surface area contributed by atoms with Crippen LogP contribution in [0.15, 0.2) is 0 Å². The summed E-state index contributed by atoms with van der Waals surface area (Å²) in [7, 11) is 0. The quantitative estimate of drug-likeness (QED) is 0.788. The SMILES string of the molecule is CCN(CC)CCCN(CC)c1snc(N)c1C. The van der Waals surface area contributed by atoms with Crippen molar-refractivity contribution < 1.29 is 0 Å². The van der Waals surface area contributed by atoms with Gasteiger partial charge >= 0.3 is 0 Å². The number of nitrogen functional groups attached to an aromatic ring is 1. The molecule has 0 fully saturated rings. The first-order chi connectivity index (χ1) is 8.63. The highest BCUT2D eigenvalue weighted by atomic mass is 32.1. The zero-order valence-corrected chi connectivity index (χ0v) is 12.9. The molecule has 0 aliphatic carbocycles. The summed E-state index contributed by atoms with van der Waals surface area (Å²) in [6.45, 7) is 14.2. The second kappa shape index (κ2) is 7.59. The minimum atomic E-state index is 0.678. The van der Waals surface area contributed by atoms with Crippen molar-refractivity contribution >= 4 is 22.4 Å². The zero-order valence-electron chi connectivity index (χ0n) is 12.1. The van der Waals surface area contributed by atoms with Crippen LogP contribution >= 0.6 is 11.5 Å². The summed E-state index contributed by atoms with van der Waals surface area (Å²) in [6, 6.07) is 0. The highest BCUT2D eigenvalue weighted by Crippen LogP contribution is 2.29. The van der Waals surface area contributed by atoms with Crippen LogP contribution in [0.3, 0.4) is 0 Å². The van der Waals surface area contributed by atoms with Gasteiger partial charge in [0.2, 0.25) is 0 Å². The molecule has 0 aliphatic rings. The van der Waals surface area contributed by atoms with Crippen molar-refractivity contribution in [1.29, 1.82) is 0 Å². The molecule has 4 nitrogen and oxygen atoms in total. The molecule has 0 spiro atoms. The van der Waals surface area contributed by atoms with E-state index in [4.69, 9.17) is 5.73 Å². The van der Waals surface area contributed by atoms with Crippen molar-refractivity contribution in [3.8, 4) is 0 Å². The highest BCUT2D eigenvalue weighted by Gasteiger charge is 2.13. The Morgan fingerprint density at radius 2 is 1.78 bits per heavy atom. The van der Waals surface area contributed by atoms with E-state index in [-0.39, 0.29) is 0 Å². The molecule has 2 N–H and O–H groups in total. The number of hydrogen-bond acceptors (Lipinski definition) is 5. The third kappa shape index (κ3) is 3.85. The second-order valence-electron chi connectivity index (χ2n) is 4.46. The van der Waals surface area contributed by atoms with Crippen molar-refractivity contribution in [2.45, 2.75) is 34.1 Å². The van der Waals surface area contributed by atoms with Gasteiger partial charge in [0.05, 0.1) is 0 Å². The Morgan fingerprint density at radius 1 is 1.11 bits per heavy atom. The van der Waals surface area contributed by atoms with E-state index in [0.717, 1.165) is 38.3 Å². The molecule has 1 rings (SSSR count). The molecule has 0 unspecified atom stereocenters. The third-order valence-corrected chi connectivity index (χ3v) is 4.43. The number of rotatable bonds is 8. The molecule has 0 atom stereocenters. The lowest BCUT2D eigenvalue weighted by Crippen LogP contribution is -2.29. The molecule has 0 radical (unpaired) electrons. The summed E-state index contributed by atoms with van der Waals surface area (Å²) in [4.78, 5) is 4.84. The van der Waals surface area contributed by atoms with Gasteiger partial charge in [0.1, 0.15) is 10.8 Å². The van der Waals surface area contributed by atoms with Gasteiger partial charge in [0.15, 0.2) is 0 Å². The number of nitrogens with zero attached hydrogens (tertiary/aromatic N) is 3. The van der Waals surface area contributed by atoms with Crippen LogP contribution in [-0.2, 0) is 0 Å². The Balaban J connectivity index is 2.50. The lowest BCUT2D eigenvalue weighted by molar-refractivity contribution is 0.301. The van der Waals surface area contributed by atoms with Crippen LogP contribution in [0.1, 0.15) is 32.8 Å². The Hall–Kier alpha value is -0.810. The first-order valence-corrected chi connectivity index (χ1v) is 7.60. The van der Waals surface area contributed by atoms with Gasteiger partial charge in [-0.1, -0.05) is 13.8 Å². The largest absolute Gasteiger partial charge is 0.383 e. The van der Waals surface area contributed by atoms with Crippen molar-refractivity contribution in [1.82, 2.24) is 9.27 Å². The van der Waals surface area contributed by atoms with Crippen LogP contribution in [0, 0.1) is 6.92 Å². The molecule has 104 valence electrons. The third-order valence-electron chi connectivity index (χ3n) is 3.40. The molecular weight excluding hydrogens is 244 g/mol. The molecule has 18 heavy (non-hydrogen) atoms. The van der Waals surface area contributed by atoms with E-state index >= 15 is 0 Å².